The van der Waals surface area contributed by atoms with Gasteiger partial charge in [-0.25, -0.2) is 0 Å². The van der Waals surface area contributed by atoms with Crippen molar-refractivity contribution < 1.29 is 14.7 Å². The minimum atomic E-state index is -0.975. The van der Waals surface area contributed by atoms with Crippen LogP contribution >= 0.6 is 23.2 Å². The molecule has 0 atom stereocenters. The molecule has 1 aromatic rings. The number of benzene rings is 1. The topological polar surface area (TPSA) is 92.4 Å². The van der Waals surface area contributed by atoms with Crippen LogP contribution < -0.4 is 11.1 Å². The normalized spacial score (nSPS) is 11.2. The fraction of sp³-hybridized carbons (Fsp3) is 0.429. The van der Waals surface area contributed by atoms with Gasteiger partial charge in [-0.15, -0.1) is 0 Å². The first kappa shape index (κ1) is 17.6. The molecule has 0 radical (unpaired) electrons. The van der Waals surface area contributed by atoms with Crippen LogP contribution in [0, 0.1) is 5.41 Å². The van der Waals surface area contributed by atoms with Crippen molar-refractivity contribution >= 4 is 40.8 Å². The average molecular weight is 333 g/mol. The largest absolute Gasteiger partial charge is 0.481 e. The van der Waals surface area contributed by atoms with Gasteiger partial charge in [0, 0.05) is 12.1 Å². The van der Waals surface area contributed by atoms with Crippen molar-refractivity contribution in [2.45, 2.75) is 26.7 Å². The molecule has 7 heteroatoms. The summed E-state index contributed by atoms with van der Waals surface area (Å²) in [6, 6.07) is 2.80. The van der Waals surface area contributed by atoms with Crippen molar-refractivity contribution in [2.75, 3.05) is 12.3 Å². The van der Waals surface area contributed by atoms with E-state index in [1.807, 2.05) is 0 Å². The fourth-order valence-electron chi connectivity index (χ4n) is 1.94. The van der Waals surface area contributed by atoms with Gasteiger partial charge in [-0.1, -0.05) is 37.0 Å². The maximum Gasteiger partial charge on any atom is 0.311 e. The van der Waals surface area contributed by atoms with Gasteiger partial charge >= 0.3 is 5.97 Å². The summed E-state index contributed by atoms with van der Waals surface area (Å²) < 4.78 is 0. The Labute approximate surface area is 133 Å². The monoisotopic (exact) mass is 332 g/mol. The van der Waals surface area contributed by atoms with Crippen molar-refractivity contribution in [2.24, 2.45) is 5.41 Å². The molecule has 0 fully saturated rings. The first-order chi connectivity index (χ1) is 9.77. The summed E-state index contributed by atoms with van der Waals surface area (Å²) in [5.41, 5.74) is 5.08. The summed E-state index contributed by atoms with van der Waals surface area (Å²) in [4.78, 5) is 23.5. The summed E-state index contributed by atoms with van der Waals surface area (Å²) in [6.07, 6.45) is 0.838. The van der Waals surface area contributed by atoms with E-state index in [2.05, 4.69) is 5.32 Å². The molecule has 0 heterocycles. The van der Waals surface area contributed by atoms with E-state index in [1.165, 1.54) is 12.1 Å². The lowest BCUT2D eigenvalue weighted by molar-refractivity contribution is -0.149. The molecule has 1 rings (SSSR count). The van der Waals surface area contributed by atoms with Gasteiger partial charge in [-0.2, -0.15) is 0 Å². The highest BCUT2D eigenvalue weighted by Gasteiger charge is 2.35. The van der Waals surface area contributed by atoms with Crippen LogP contribution in [0.15, 0.2) is 12.1 Å². The van der Waals surface area contributed by atoms with Crippen LogP contribution in [0.5, 0.6) is 0 Å². The molecule has 0 aliphatic rings. The minimum Gasteiger partial charge on any atom is -0.481 e. The Morgan fingerprint density at radius 3 is 2.10 bits per heavy atom. The lowest BCUT2D eigenvalue weighted by Gasteiger charge is -2.26. The fourth-order valence-corrected chi connectivity index (χ4v) is 2.43. The summed E-state index contributed by atoms with van der Waals surface area (Å²) in [5, 5.41) is 12.3. The SMILES string of the molecule is CCC(CC)(CNC(=O)c1cc(Cl)c(N)c(Cl)c1)C(=O)O. The van der Waals surface area contributed by atoms with Gasteiger partial charge < -0.3 is 16.2 Å². The number of hydrogen-bond acceptors (Lipinski definition) is 3. The van der Waals surface area contributed by atoms with E-state index in [1.54, 1.807) is 13.8 Å². The molecular formula is C14H18Cl2N2O3. The number of nitrogen functional groups attached to an aromatic ring is 1. The van der Waals surface area contributed by atoms with Crippen molar-refractivity contribution in [3.63, 3.8) is 0 Å². The van der Waals surface area contributed by atoms with E-state index in [0.717, 1.165) is 0 Å². The molecule has 0 saturated heterocycles. The van der Waals surface area contributed by atoms with Crippen molar-refractivity contribution in [3.8, 4) is 0 Å². The van der Waals surface area contributed by atoms with Crippen LogP contribution in [0.1, 0.15) is 37.0 Å². The Hall–Kier alpha value is -1.46. The number of aliphatic carboxylic acids is 1. The van der Waals surface area contributed by atoms with Crippen molar-refractivity contribution in [3.05, 3.63) is 27.7 Å². The second-order valence-electron chi connectivity index (χ2n) is 4.83. The summed E-state index contributed by atoms with van der Waals surface area (Å²) in [6.45, 7) is 3.59. The zero-order chi connectivity index (χ0) is 16.2. The molecule has 0 unspecified atom stereocenters. The predicted molar refractivity (Wildman–Crippen MR) is 83.9 cm³/mol. The molecular weight excluding hydrogens is 315 g/mol. The lowest BCUT2D eigenvalue weighted by Crippen LogP contribution is -2.42. The highest BCUT2D eigenvalue weighted by atomic mass is 35.5. The van der Waals surface area contributed by atoms with E-state index >= 15 is 0 Å². The van der Waals surface area contributed by atoms with E-state index in [4.69, 9.17) is 28.9 Å². The van der Waals surface area contributed by atoms with Gasteiger partial charge in [0.15, 0.2) is 0 Å². The second-order valence-corrected chi connectivity index (χ2v) is 5.64. The number of nitrogens with one attached hydrogen (secondary N) is 1. The Kier molecular flexibility index (Phi) is 5.87. The molecule has 0 spiro atoms. The van der Waals surface area contributed by atoms with Gasteiger partial charge in [0.05, 0.1) is 21.1 Å². The van der Waals surface area contributed by atoms with Gasteiger partial charge in [0.2, 0.25) is 0 Å². The number of amides is 1. The number of rotatable bonds is 6. The van der Waals surface area contributed by atoms with E-state index in [-0.39, 0.29) is 27.8 Å². The molecule has 116 valence electrons. The zero-order valence-electron chi connectivity index (χ0n) is 11.9. The summed E-state index contributed by atoms with van der Waals surface area (Å²) >= 11 is 11.7. The number of anilines is 1. The smallest absolute Gasteiger partial charge is 0.311 e. The summed E-state index contributed by atoms with van der Waals surface area (Å²) in [5.74, 6) is -1.37. The zero-order valence-corrected chi connectivity index (χ0v) is 13.4. The highest BCUT2D eigenvalue weighted by molar-refractivity contribution is 6.39. The van der Waals surface area contributed by atoms with Gasteiger partial charge in [-0.3, -0.25) is 9.59 Å². The maximum atomic E-state index is 12.1. The Bertz CT molecular complexity index is 534. The number of hydrogen-bond donors (Lipinski definition) is 3. The highest BCUT2D eigenvalue weighted by Crippen LogP contribution is 2.29. The van der Waals surface area contributed by atoms with Crippen molar-refractivity contribution in [1.29, 1.82) is 0 Å². The van der Waals surface area contributed by atoms with Crippen LogP contribution in [0.25, 0.3) is 0 Å². The number of carboxylic acids is 1. The molecule has 0 aliphatic heterocycles. The Balaban J connectivity index is 2.89. The molecule has 4 N–H and O–H groups in total. The molecule has 0 aromatic heterocycles. The first-order valence-corrected chi connectivity index (χ1v) is 7.29. The van der Waals surface area contributed by atoms with E-state index in [0.29, 0.717) is 12.8 Å². The molecule has 21 heavy (non-hydrogen) atoms. The number of nitrogens with two attached hydrogens (primary N) is 1. The van der Waals surface area contributed by atoms with Gasteiger partial charge in [0.1, 0.15) is 0 Å². The third-order valence-corrected chi connectivity index (χ3v) is 4.36. The van der Waals surface area contributed by atoms with Crippen LogP contribution in [-0.4, -0.2) is 23.5 Å². The molecule has 0 aliphatic carbocycles. The third-order valence-electron chi connectivity index (χ3n) is 3.74. The number of carbonyl (C=O) groups excluding carboxylic acids is 1. The summed E-state index contributed by atoms with van der Waals surface area (Å²) in [7, 11) is 0. The minimum absolute atomic E-state index is 0.0355. The lowest BCUT2D eigenvalue weighted by atomic mass is 9.82. The second kappa shape index (κ2) is 7.00. The average Bonchev–Trinajstić information content (AvgIpc) is 2.45. The molecule has 1 aromatic carbocycles. The van der Waals surface area contributed by atoms with Crippen LogP contribution in [0.3, 0.4) is 0 Å². The van der Waals surface area contributed by atoms with E-state index in [9.17, 15) is 14.7 Å². The Morgan fingerprint density at radius 1 is 1.24 bits per heavy atom. The molecule has 0 bridgehead atoms. The molecule has 5 nitrogen and oxygen atoms in total. The number of halogens is 2. The predicted octanol–water partition coefficient (Wildman–Crippen LogP) is 3.20. The van der Waals surface area contributed by atoms with Gasteiger partial charge in [-0.05, 0) is 25.0 Å². The molecule has 1 amide bonds. The third kappa shape index (κ3) is 3.80. The van der Waals surface area contributed by atoms with Gasteiger partial charge in [0.25, 0.3) is 5.91 Å². The Morgan fingerprint density at radius 2 is 1.71 bits per heavy atom. The number of carboxylic acid groups (broad SMARTS) is 1. The van der Waals surface area contributed by atoms with E-state index < -0.39 is 17.3 Å². The first-order valence-electron chi connectivity index (χ1n) is 6.53. The van der Waals surface area contributed by atoms with Crippen LogP contribution in [-0.2, 0) is 4.79 Å². The maximum absolute atomic E-state index is 12.1. The van der Waals surface area contributed by atoms with Crippen LogP contribution in [0.2, 0.25) is 10.0 Å². The standard InChI is InChI=1S/C14H18Cl2N2O3/c1-3-14(4-2,13(20)21)7-18-12(19)8-5-9(15)11(17)10(16)6-8/h5-6H,3-4,7,17H2,1-2H3,(H,18,19)(H,20,21). The molecule has 0 saturated carbocycles. The number of carbonyl (C=O) groups is 2. The van der Waals surface area contributed by atoms with Crippen LogP contribution in [0.4, 0.5) is 5.69 Å². The quantitative estimate of drug-likeness (QED) is 0.697. The van der Waals surface area contributed by atoms with Crippen molar-refractivity contribution in [1.82, 2.24) is 5.32 Å².